The highest BCUT2D eigenvalue weighted by molar-refractivity contribution is 7.89. The van der Waals surface area contributed by atoms with Crippen LogP contribution < -0.4 is 5.32 Å². The van der Waals surface area contributed by atoms with E-state index in [0.717, 1.165) is 25.7 Å². The van der Waals surface area contributed by atoms with Gasteiger partial charge in [-0.25, -0.2) is 8.42 Å². The van der Waals surface area contributed by atoms with E-state index in [0.29, 0.717) is 26.2 Å². The second-order valence-electron chi connectivity index (χ2n) is 7.39. The maximum absolute atomic E-state index is 13.1. The number of sulfonamides is 1. The second kappa shape index (κ2) is 7.07. The van der Waals surface area contributed by atoms with Crippen LogP contribution in [0.25, 0.3) is 0 Å². The van der Waals surface area contributed by atoms with Gasteiger partial charge in [0.05, 0.1) is 6.20 Å². The highest BCUT2D eigenvalue weighted by atomic mass is 32.2. The van der Waals surface area contributed by atoms with Crippen molar-refractivity contribution in [1.82, 2.24) is 19.4 Å². The Kier molecular flexibility index (Phi) is 5.20. The van der Waals surface area contributed by atoms with Gasteiger partial charge in [0.25, 0.3) is 0 Å². The van der Waals surface area contributed by atoms with Crippen LogP contribution in [0.15, 0.2) is 17.3 Å². The van der Waals surface area contributed by atoms with Gasteiger partial charge in [-0.15, -0.1) is 0 Å². The van der Waals surface area contributed by atoms with E-state index in [-0.39, 0.29) is 22.1 Å². The van der Waals surface area contributed by atoms with Gasteiger partial charge in [-0.05, 0) is 31.1 Å². The Balaban J connectivity index is 1.83. The fraction of sp³-hybridized carbons (Fsp3) is 0.765. The number of nitrogens with one attached hydrogen (secondary N) is 1. The zero-order valence-electron chi connectivity index (χ0n) is 15.1. The number of hydrogen-bond donors (Lipinski definition) is 1. The van der Waals surface area contributed by atoms with E-state index in [9.17, 15) is 13.2 Å². The first kappa shape index (κ1) is 18.4. The Hall–Kier alpha value is -1.41. The summed E-state index contributed by atoms with van der Waals surface area (Å²) >= 11 is 0. The number of hydrogen-bond acceptors (Lipinski definition) is 4. The number of amides is 1. The summed E-state index contributed by atoms with van der Waals surface area (Å²) in [5, 5.41) is 7.02. The van der Waals surface area contributed by atoms with Gasteiger partial charge in [-0.3, -0.25) is 9.48 Å². The molecule has 8 heteroatoms. The summed E-state index contributed by atoms with van der Waals surface area (Å²) in [7, 11) is -3.54. The van der Waals surface area contributed by atoms with Crippen LogP contribution in [0.3, 0.4) is 0 Å². The fourth-order valence-electron chi connectivity index (χ4n) is 4.34. The Bertz CT molecular complexity index is 722. The van der Waals surface area contributed by atoms with Gasteiger partial charge in [-0.1, -0.05) is 19.3 Å². The molecule has 1 amide bonds. The van der Waals surface area contributed by atoms with Crippen LogP contribution in [0.1, 0.15) is 46.0 Å². The van der Waals surface area contributed by atoms with E-state index in [1.165, 1.54) is 19.5 Å². The largest absolute Gasteiger partial charge is 0.356 e. The molecule has 1 spiro atoms. The quantitative estimate of drug-likeness (QED) is 0.856. The predicted molar refractivity (Wildman–Crippen MR) is 94.4 cm³/mol. The molecule has 140 valence electrons. The molecule has 25 heavy (non-hydrogen) atoms. The van der Waals surface area contributed by atoms with E-state index in [4.69, 9.17) is 0 Å². The van der Waals surface area contributed by atoms with Gasteiger partial charge >= 0.3 is 0 Å². The maximum Gasteiger partial charge on any atom is 0.246 e. The van der Waals surface area contributed by atoms with Crippen molar-refractivity contribution in [2.75, 3.05) is 19.6 Å². The monoisotopic (exact) mass is 368 g/mol. The predicted octanol–water partition coefficient (Wildman–Crippen LogP) is 1.61. The van der Waals surface area contributed by atoms with Crippen molar-refractivity contribution >= 4 is 15.9 Å². The lowest BCUT2D eigenvalue weighted by Crippen LogP contribution is -2.39. The minimum Gasteiger partial charge on any atom is -0.356 e. The molecule has 2 aliphatic rings. The zero-order chi connectivity index (χ0) is 18.1. The molecule has 7 nitrogen and oxygen atoms in total. The highest BCUT2D eigenvalue weighted by Crippen LogP contribution is 2.48. The van der Waals surface area contributed by atoms with E-state index in [1.807, 2.05) is 6.92 Å². The van der Waals surface area contributed by atoms with Crippen LogP contribution in [0.4, 0.5) is 0 Å². The molecule has 1 aromatic rings. The normalized spacial score (nSPS) is 23.8. The van der Waals surface area contributed by atoms with Gasteiger partial charge < -0.3 is 5.32 Å². The molecule has 0 radical (unpaired) electrons. The number of aromatic nitrogens is 2. The maximum atomic E-state index is 13.1. The number of carbonyl (C=O) groups excluding carboxylic acids is 1. The molecule has 1 aliphatic heterocycles. The zero-order valence-corrected chi connectivity index (χ0v) is 15.9. The third-order valence-corrected chi connectivity index (χ3v) is 7.56. The van der Waals surface area contributed by atoms with Crippen molar-refractivity contribution in [1.29, 1.82) is 0 Å². The Labute approximate surface area is 149 Å². The molecule has 0 bridgehead atoms. The molecule has 1 unspecified atom stereocenters. The first-order chi connectivity index (χ1) is 11.9. The molecule has 1 N–H and O–H groups in total. The summed E-state index contributed by atoms with van der Waals surface area (Å²) in [6.45, 7) is 5.66. The van der Waals surface area contributed by atoms with Crippen molar-refractivity contribution < 1.29 is 13.2 Å². The van der Waals surface area contributed by atoms with Crippen molar-refractivity contribution in [3.63, 3.8) is 0 Å². The van der Waals surface area contributed by atoms with Crippen LogP contribution in [0.2, 0.25) is 0 Å². The molecule has 2 fully saturated rings. The van der Waals surface area contributed by atoms with E-state index < -0.39 is 10.0 Å². The van der Waals surface area contributed by atoms with Gasteiger partial charge in [-0.2, -0.15) is 9.40 Å². The second-order valence-corrected chi connectivity index (χ2v) is 9.32. The van der Waals surface area contributed by atoms with Crippen molar-refractivity contribution in [2.45, 2.75) is 57.4 Å². The molecule has 1 aliphatic carbocycles. The van der Waals surface area contributed by atoms with Crippen LogP contribution in [0, 0.1) is 11.3 Å². The number of carbonyl (C=O) groups is 1. The van der Waals surface area contributed by atoms with Crippen LogP contribution in [0.5, 0.6) is 0 Å². The average Bonchev–Trinajstić information content (AvgIpc) is 3.20. The van der Waals surface area contributed by atoms with Gasteiger partial charge in [0.1, 0.15) is 4.90 Å². The third-order valence-electron chi connectivity index (χ3n) is 5.80. The highest BCUT2D eigenvalue weighted by Gasteiger charge is 2.50. The van der Waals surface area contributed by atoms with Crippen molar-refractivity contribution in [2.24, 2.45) is 11.3 Å². The molecule has 1 saturated heterocycles. The molecule has 1 aromatic heterocycles. The number of nitrogens with zero attached hydrogens (tertiary/aromatic N) is 3. The first-order valence-electron chi connectivity index (χ1n) is 9.14. The summed E-state index contributed by atoms with van der Waals surface area (Å²) in [6.07, 6.45) is 8.60. The molecule has 3 rings (SSSR count). The molecular formula is C17H28N4O3S. The molecular weight excluding hydrogens is 340 g/mol. The molecule has 1 atom stereocenters. The molecule has 0 aromatic carbocycles. The summed E-state index contributed by atoms with van der Waals surface area (Å²) in [5.41, 5.74) is -0.00544. The lowest BCUT2D eigenvalue weighted by Gasteiger charge is -2.38. The smallest absolute Gasteiger partial charge is 0.246 e. The van der Waals surface area contributed by atoms with E-state index >= 15 is 0 Å². The lowest BCUT2D eigenvalue weighted by atomic mass is 9.68. The Morgan fingerprint density at radius 1 is 1.36 bits per heavy atom. The van der Waals surface area contributed by atoms with Gasteiger partial charge in [0.15, 0.2) is 0 Å². The first-order valence-corrected chi connectivity index (χ1v) is 10.6. The average molecular weight is 369 g/mol. The van der Waals surface area contributed by atoms with Gasteiger partial charge in [0.2, 0.25) is 15.9 Å². The van der Waals surface area contributed by atoms with Crippen molar-refractivity contribution in [3.05, 3.63) is 12.4 Å². The lowest BCUT2D eigenvalue weighted by molar-refractivity contribution is -0.119. The topological polar surface area (TPSA) is 84.3 Å². The van der Waals surface area contributed by atoms with E-state index in [2.05, 4.69) is 10.4 Å². The number of aryl methyl sites for hydroxylation is 1. The summed E-state index contributed by atoms with van der Waals surface area (Å²) < 4.78 is 29.4. The van der Waals surface area contributed by atoms with E-state index in [1.54, 1.807) is 15.2 Å². The Morgan fingerprint density at radius 2 is 2.08 bits per heavy atom. The van der Waals surface area contributed by atoms with Crippen LogP contribution in [-0.2, 0) is 21.4 Å². The Morgan fingerprint density at radius 3 is 2.68 bits per heavy atom. The van der Waals surface area contributed by atoms with Crippen LogP contribution in [-0.4, -0.2) is 48.0 Å². The minimum atomic E-state index is -3.54. The number of rotatable bonds is 5. The molecule has 1 saturated carbocycles. The summed E-state index contributed by atoms with van der Waals surface area (Å²) in [5.74, 6) is 0.115. The minimum absolute atomic E-state index is 0.00544. The SMILES string of the molecule is CCn1cc(S(=O)(=O)N2CC(CNC(C)=O)C3(CCCCC3)C2)cn1. The standard InChI is InChI=1S/C17H28N4O3S/c1-3-20-12-16(10-19-20)25(23,24)21-11-15(9-18-14(2)22)17(13-21)7-5-4-6-8-17/h10,12,15H,3-9,11,13H2,1-2H3,(H,18,22). The van der Waals surface area contributed by atoms with Crippen molar-refractivity contribution in [3.8, 4) is 0 Å². The van der Waals surface area contributed by atoms with Gasteiger partial charge in [0, 0.05) is 39.3 Å². The summed E-state index contributed by atoms with van der Waals surface area (Å²) in [4.78, 5) is 11.6. The fourth-order valence-corrected chi connectivity index (χ4v) is 5.87. The van der Waals surface area contributed by atoms with Crippen LogP contribution >= 0.6 is 0 Å². The molecule has 2 heterocycles. The third kappa shape index (κ3) is 3.60. The summed E-state index contributed by atoms with van der Waals surface area (Å²) in [6, 6.07) is 0.